The summed E-state index contributed by atoms with van der Waals surface area (Å²) in [5.41, 5.74) is 4.51. The highest BCUT2D eigenvalue weighted by atomic mass is 16.7. The van der Waals surface area contributed by atoms with Gasteiger partial charge in [-0.3, -0.25) is 9.59 Å². The number of hydrogen-bond acceptors (Lipinski definition) is 9. The number of rotatable bonds is 10. The first-order valence-corrected chi connectivity index (χ1v) is 14.6. The highest BCUT2D eigenvalue weighted by Crippen LogP contribution is 2.40. The number of benzene rings is 1. The zero-order chi connectivity index (χ0) is 31.6. The molecule has 1 aliphatic heterocycles. The number of nitrogens with zero attached hydrogens (tertiary/aromatic N) is 3. The number of aromatic nitrogens is 1. The quantitative estimate of drug-likeness (QED) is 0.370. The van der Waals surface area contributed by atoms with Crippen LogP contribution < -0.4 is 4.74 Å². The number of methoxy groups -OCH3 is 4. The van der Waals surface area contributed by atoms with Crippen molar-refractivity contribution in [2.75, 3.05) is 61.7 Å². The molecule has 0 saturated carbocycles. The van der Waals surface area contributed by atoms with Crippen molar-refractivity contribution in [1.82, 2.24) is 14.4 Å². The number of piperazine rings is 1. The van der Waals surface area contributed by atoms with E-state index in [1.54, 1.807) is 40.1 Å². The molecule has 0 radical (unpaired) electrons. The van der Waals surface area contributed by atoms with Crippen molar-refractivity contribution < 1.29 is 33.3 Å². The molecule has 1 atom stereocenters. The number of fused-ring (bicyclic) bond motifs is 1. The van der Waals surface area contributed by atoms with E-state index >= 15 is 0 Å². The fourth-order valence-corrected chi connectivity index (χ4v) is 6.02. The van der Waals surface area contributed by atoms with E-state index in [0.29, 0.717) is 53.5 Å². The number of carbonyl (C=O) groups excluding carboxylic acids is 2. The van der Waals surface area contributed by atoms with E-state index in [2.05, 4.69) is 11.9 Å². The summed E-state index contributed by atoms with van der Waals surface area (Å²) in [5.74, 6) is -0.0612. The summed E-state index contributed by atoms with van der Waals surface area (Å²) >= 11 is 0. The van der Waals surface area contributed by atoms with Crippen molar-refractivity contribution in [2.45, 2.75) is 25.7 Å². The highest BCUT2D eigenvalue weighted by Gasteiger charge is 2.44. The van der Waals surface area contributed by atoms with E-state index in [0.717, 1.165) is 35.7 Å². The predicted molar refractivity (Wildman–Crippen MR) is 166 cm³/mol. The van der Waals surface area contributed by atoms with Gasteiger partial charge in [0.1, 0.15) is 11.4 Å². The minimum absolute atomic E-state index is 0.0111. The van der Waals surface area contributed by atoms with Gasteiger partial charge in [0.05, 0.1) is 39.2 Å². The Bertz CT molecular complexity index is 1560. The number of carbonyl (C=O) groups is 2. The van der Waals surface area contributed by atoms with Crippen LogP contribution in [-0.4, -0.2) is 93.4 Å². The molecule has 2 heterocycles. The summed E-state index contributed by atoms with van der Waals surface area (Å²) < 4.78 is 31.2. The van der Waals surface area contributed by atoms with Gasteiger partial charge in [0, 0.05) is 64.1 Å². The van der Waals surface area contributed by atoms with Crippen LogP contribution in [-0.2, 0) is 32.6 Å². The maximum atomic E-state index is 14.0. The van der Waals surface area contributed by atoms with Gasteiger partial charge in [-0.1, -0.05) is 24.3 Å². The van der Waals surface area contributed by atoms with E-state index in [-0.39, 0.29) is 18.2 Å². The molecule has 10 nitrogen and oxygen atoms in total. The molecule has 0 amide bonds. The number of allylic oxidation sites excluding steroid dienone is 4. The van der Waals surface area contributed by atoms with E-state index < -0.39 is 5.79 Å². The van der Waals surface area contributed by atoms with Gasteiger partial charge in [0.2, 0.25) is 17.4 Å². The lowest BCUT2D eigenvalue weighted by Gasteiger charge is -2.37. The molecule has 3 aliphatic rings. The number of ether oxygens (including phenoxy) is 5. The third-order valence-electron chi connectivity index (χ3n) is 8.75. The first kappa shape index (κ1) is 31.3. The summed E-state index contributed by atoms with van der Waals surface area (Å²) in [6.45, 7) is 4.91. The SMILES string of the molecule is COC1=C(OC)C(OC)(OCc2c3c(n(C)c2C)C(=O)C=C(N2CCN(C)CC2)C3=O)CC(C=Cc2ccc(OC)cc2)=C1. The topological polar surface area (TPSA) is 91.7 Å². The van der Waals surface area contributed by atoms with E-state index in [4.69, 9.17) is 23.7 Å². The van der Waals surface area contributed by atoms with Crippen LogP contribution in [0.2, 0.25) is 0 Å². The van der Waals surface area contributed by atoms with Crippen LogP contribution in [0.5, 0.6) is 5.75 Å². The van der Waals surface area contributed by atoms with Crippen molar-refractivity contribution in [3.8, 4) is 5.75 Å². The molecule has 234 valence electrons. The second-order valence-corrected chi connectivity index (χ2v) is 11.2. The molecular formula is C34H41N3O7. The third kappa shape index (κ3) is 5.72. The maximum Gasteiger partial charge on any atom is 0.235 e. The minimum atomic E-state index is -1.35. The second-order valence-electron chi connectivity index (χ2n) is 11.2. The lowest BCUT2D eigenvalue weighted by molar-refractivity contribution is -0.225. The Morgan fingerprint density at radius 3 is 2.20 bits per heavy atom. The number of Topliss-reactive ketones (excluding diaryl/α,β-unsaturated/α-hetero) is 1. The van der Waals surface area contributed by atoms with Gasteiger partial charge < -0.3 is 38.1 Å². The molecule has 2 aliphatic carbocycles. The Hall–Kier alpha value is -4.12. The van der Waals surface area contributed by atoms with Crippen molar-refractivity contribution >= 4 is 17.6 Å². The summed E-state index contributed by atoms with van der Waals surface area (Å²) in [7, 11) is 10.2. The van der Waals surface area contributed by atoms with E-state index in [9.17, 15) is 9.59 Å². The Labute approximate surface area is 258 Å². The van der Waals surface area contributed by atoms with Crippen LogP contribution >= 0.6 is 0 Å². The lowest BCUT2D eigenvalue weighted by Crippen LogP contribution is -2.46. The average molecular weight is 604 g/mol. The fourth-order valence-electron chi connectivity index (χ4n) is 6.02. The molecule has 0 spiro atoms. The summed E-state index contributed by atoms with van der Waals surface area (Å²) in [6, 6.07) is 7.74. The van der Waals surface area contributed by atoms with Crippen LogP contribution in [0.1, 0.15) is 44.1 Å². The van der Waals surface area contributed by atoms with E-state index in [1.165, 1.54) is 6.08 Å². The molecule has 44 heavy (non-hydrogen) atoms. The molecule has 1 fully saturated rings. The lowest BCUT2D eigenvalue weighted by atomic mass is 9.93. The molecule has 1 aromatic carbocycles. The van der Waals surface area contributed by atoms with Gasteiger partial charge >= 0.3 is 0 Å². The van der Waals surface area contributed by atoms with Gasteiger partial charge in [0.25, 0.3) is 0 Å². The number of hydrogen-bond donors (Lipinski definition) is 0. The summed E-state index contributed by atoms with van der Waals surface area (Å²) in [5, 5.41) is 0. The predicted octanol–water partition coefficient (Wildman–Crippen LogP) is 4.26. The molecular weight excluding hydrogens is 562 g/mol. The van der Waals surface area contributed by atoms with Gasteiger partial charge in [-0.25, -0.2) is 0 Å². The average Bonchev–Trinajstić information content (AvgIpc) is 3.30. The molecule has 0 bridgehead atoms. The molecule has 1 unspecified atom stereocenters. The minimum Gasteiger partial charge on any atom is -0.497 e. The Kier molecular flexibility index (Phi) is 9.15. The van der Waals surface area contributed by atoms with E-state index in [1.807, 2.05) is 54.3 Å². The molecule has 1 saturated heterocycles. The first-order chi connectivity index (χ1) is 21.2. The monoisotopic (exact) mass is 603 g/mol. The normalized spacial score (nSPS) is 21.0. The Morgan fingerprint density at radius 2 is 1.59 bits per heavy atom. The number of ketones is 2. The maximum absolute atomic E-state index is 14.0. The van der Waals surface area contributed by atoms with Crippen LogP contribution in [0.3, 0.4) is 0 Å². The van der Waals surface area contributed by atoms with Crippen LogP contribution in [0, 0.1) is 6.92 Å². The zero-order valence-corrected chi connectivity index (χ0v) is 26.6. The third-order valence-corrected chi connectivity index (χ3v) is 8.75. The van der Waals surface area contributed by atoms with Gasteiger partial charge in [0.15, 0.2) is 11.5 Å². The fraction of sp³-hybridized carbons (Fsp3) is 0.412. The van der Waals surface area contributed by atoms with Crippen molar-refractivity contribution in [3.05, 3.63) is 93.4 Å². The standard InChI is InChI=1S/C34H41N3O7/c1-22-26(30-31(36(22)3)28(38)19-27(32(30)39)37-16-14-35(2)15-17-37)21-44-34(43-7)20-24(18-29(41-5)33(34)42-6)9-8-23-10-12-25(40-4)13-11-23/h8-13,18-19H,14-17,20-21H2,1-7H3. The van der Waals surface area contributed by atoms with Gasteiger partial charge in [-0.2, -0.15) is 0 Å². The van der Waals surface area contributed by atoms with Crippen molar-refractivity contribution in [3.63, 3.8) is 0 Å². The first-order valence-electron chi connectivity index (χ1n) is 14.6. The summed E-state index contributed by atoms with van der Waals surface area (Å²) in [6.07, 6.45) is 7.67. The highest BCUT2D eigenvalue weighted by molar-refractivity contribution is 6.24. The van der Waals surface area contributed by atoms with Crippen LogP contribution in [0.4, 0.5) is 0 Å². The Morgan fingerprint density at radius 1 is 0.886 bits per heavy atom. The largest absolute Gasteiger partial charge is 0.497 e. The number of likely N-dealkylation sites (N-methyl/N-ethyl adjacent to an activating group) is 1. The zero-order valence-electron chi connectivity index (χ0n) is 26.6. The molecule has 0 N–H and O–H groups in total. The molecule has 1 aromatic heterocycles. The van der Waals surface area contributed by atoms with Crippen molar-refractivity contribution in [1.29, 1.82) is 0 Å². The van der Waals surface area contributed by atoms with Crippen molar-refractivity contribution in [2.24, 2.45) is 7.05 Å². The second kappa shape index (κ2) is 12.9. The van der Waals surface area contributed by atoms with Gasteiger partial charge in [-0.15, -0.1) is 0 Å². The molecule has 2 aromatic rings. The smallest absolute Gasteiger partial charge is 0.235 e. The Balaban J connectivity index is 1.45. The van der Waals surface area contributed by atoms with Crippen LogP contribution in [0.25, 0.3) is 6.08 Å². The van der Waals surface area contributed by atoms with Crippen LogP contribution in [0.15, 0.2) is 65.3 Å². The molecule has 10 heteroatoms. The summed E-state index contributed by atoms with van der Waals surface area (Å²) in [4.78, 5) is 31.6. The van der Waals surface area contributed by atoms with Gasteiger partial charge in [-0.05, 0) is 43.3 Å². The molecule has 5 rings (SSSR count).